The minimum Gasteiger partial charge on any atom is -0.454 e. The van der Waals surface area contributed by atoms with Crippen LogP contribution in [0.25, 0.3) is 0 Å². The van der Waals surface area contributed by atoms with Gasteiger partial charge in [0.25, 0.3) is 0 Å². The number of nitrogens with zero attached hydrogens (tertiary/aromatic N) is 2. The van der Waals surface area contributed by atoms with E-state index >= 15 is 0 Å². The van der Waals surface area contributed by atoms with Crippen LogP contribution in [-0.2, 0) is 19.4 Å². The lowest BCUT2D eigenvalue weighted by atomic mass is 10.2. The first kappa shape index (κ1) is 20.8. The van der Waals surface area contributed by atoms with Crippen molar-refractivity contribution in [3.05, 3.63) is 39.3 Å². The van der Waals surface area contributed by atoms with Crippen LogP contribution in [-0.4, -0.2) is 31.3 Å². The molecule has 1 aliphatic heterocycles. The number of hydrogen-bond acceptors (Lipinski definition) is 5. The molecule has 6 nitrogen and oxygen atoms in total. The van der Waals surface area contributed by atoms with Gasteiger partial charge in [0, 0.05) is 31.4 Å². The van der Waals surface area contributed by atoms with Crippen LogP contribution in [0.3, 0.4) is 0 Å². The standard InChI is InChI=1S/C18H24N4O2S.HI/c1-4-14-12(2)25-17(22-14)7-8-20-18(19-3)21-10-13-5-6-15-16(9-13)24-11-23-15;/h5-6,9H,4,7-8,10-11H2,1-3H3,(H2,19,20,21);1H. The van der Waals surface area contributed by atoms with Gasteiger partial charge in [0.05, 0.1) is 10.7 Å². The summed E-state index contributed by atoms with van der Waals surface area (Å²) in [5, 5.41) is 7.83. The molecule has 0 fully saturated rings. The first-order chi connectivity index (χ1) is 12.2. The summed E-state index contributed by atoms with van der Waals surface area (Å²) < 4.78 is 10.7. The predicted octanol–water partition coefficient (Wildman–Crippen LogP) is 3.27. The fraction of sp³-hybridized carbons (Fsp3) is 0.444. The van der Waals surface area contributed by atoms with E-state index in [4.69, 9.17) is 9.47 Å². The molecule has 0 amide bonds. The molecule has 2 heterocycles. The second kappa shape index (κ2) is 9.96. The second-order valence-corrected chi connectivity index (χ2v) is 7.04. The minimum absolute atomic E-state index is 0. The van der Waals surface area contributed by atoms with Gasteiger partial charge in [0.15, 0.2) is 17.5 Å². The Labute approximate surface area is 175 Å². The molecule has 1 aromatic heterocycles. The van der Waals surface area contributed by atoms with Crippen molar-refractivity contribution in [3.63, 3.8) is 0 Å². The van der Waals surface area contributed by atoms with E-state index in [0.717, 1.165) is 42.4 Å². The smallest absolute Gasteiger partial charge is 0.231 e. The molecule has 8 heteroatoms. The Morgan fingerprint density at radius 2 is 2.08 bits per heavy atom. The zero-order chi connectivity index (χ0) is 17.6. The number of nitrogens with one attached hydrogen (secondary N) is 2. The Kier molecular flexibility index (Phi) is 7.95. The van der Waals surface area contributed by atoms with Crippen LogP contribution in [0.5, 0.6) is 11.5 Å². The van der Waals surface area contributed by atoms with Crippen LogP contribution >= 0.6 is 35.3 Å². The molecular weight excluding hydrogens is 463 g/mol. The molecule has 0 saturated heterocycles. The van der Waals surface area contributed by atoms with Crippen molar-refractivity contribution in [2.24, 2.45) is 4.99 Å². The Morgan fingerprint density at radius 3 is 2.81 bits per heavy atom. The molecule has 0 radical (unpaired) electrons. The number of aryl methyl sites for hydroxylation is 2. The average Bonchev–Trinajstić information content (AvgIpc) is 3.23. The van der Waals surface area contributed by atoms with E-state index in [1.165, 1.54) is 15.6 Å². The van der Waals surface area contributed by atoms with Gasteiger partial charge in [-0.2, -0.15) is 0 Å². The summed E-state index contributed by atoms with van der Waals surface area (Å²) in [6.07, 6.45) is 1.89. The molecule has 0 atom stereocenters. The van der Waals surface area contributed by atoms with Crippen molar-refractivity contribution < 1.29 is 9.47 Å². The number of aromatic nitrogens is 1. The summed E-state index contributed by atoms with van der Waals surface area (Å²) in [5.74, 6) is 2.38. The maximum atomic E-state index is 5.41. The number of ether oxygens (including phenoxy) is 2. The van der Waals surface area contributed by atoms with Crippen molar-refractivity contribution in [2.75, 3.05) is 20.4 Å². The third-order valence-electron chi connectivity index (χ3n) is 4.02. The molecule has 3 rings (SSSR count). The lowest BCUT2D eigenvalue weighted by molar-refractivity contribution is 0.174. The Bertz CT molecular complexity index is 764. The number of halogens is 1. The zero-order valence-electron chi connectivity index (χ0n) is 15.3. The van der Waals surface area contributed by atoms with E-state index in [2.05, 4.69) is 34.5 Å². The first-order valence-electron chi connectivity index (χ1n) is 8.47. The van der Waals surface area contributed by atoms with Gasteiger partial charge in [0.2, 0.25) is 6.79 Å². The number of fused-ring (bicyclic) bond motifs is 1. The summed E-state index contributed by atoms with van der Waals surface area (Å²) >= 11 is 1.78. The highest BCUT2D eigenvalue weighted by molar-refractivity contribution is 14.0. The lowest BCUT2D eigenvalue weighted by Gasteiger charge is -2.11. The summed E-state index contributed by atoms with van der Waals surface area (Å²) in [7, 11) is 1.78. The van der Waals surface area contributed by atoms with Gasteiger partial charge in [0.1, 0.15) is 0 Å². The van der Waals surface area contributed by atoms with E-state index in [1.54, 1.807) is 18.4 Å². The van der Waals surface area contributed by atoms with Crippen LogP contribution in [0.2, 0.25) is 0 Å². The van der Waals surface area contributed by atoms with Crippen molar-refractivity contribution in [2.45, 2.75) is 33.2 Å². The summed E-state index contributed by atoms with van der Waals surface area (Å²) in [6, 6.07) is 5.96. The second-order valence-electron chi connectivity index (χ2n) is 5.75. The first-order valence-corrected chi connectivity index (χ1v) is 9.29. The molecule has 142 valence electrons. The third kappa shape index (κ3) is 5.23. The fourth-order valence-corrected chi connectivity index (χ4v) is 3.69. The van der Waals surface area contributed by atoms with Crippen LogP contribution in [0.4, 0.5) is 0 Å². The van der Waals surface area contributed by atoms with E-state index in [1.807, 2.05) is 18.2 Å². The largest absolute Gasteiger partial charge is 0.454 e. The van der Waals surface area contributed by atoms with Gasteiger partial charge >= 0.3 is 0 Å². The summed E-state index contributed by atoms with van der Waals surface area (Å²) in [5.41, 5.74) is 2.33. The fourth-order valence-electron chi connectivity index (χ4n) is 2.67. The van der Waals surface area contributed by atoms with Gasteiger partial charge in [-0.3, -0.25) is 4.99 Å². The topological polar surface area (TPSA) is 67.8 Å². The molecule has 26 heavy (non-hydrogen) atoms. The average molecular weight is 488 g/mol. The van der Waals surface area contributed by atoms with Gasteiger partial charge in [-0.1, -0.05) is 13.0 Å². The van der Waals surface area contributed by atoms with Crippen molar-refractivity contribution >= 4 is 41.3 Å². The molecule has 1 aliphatic rings. The van der Waals surface area contributed by atoms with Gasteiger partial charge in [-0.15, -0.1) is 35.3 Å². The van der Waals surface area contributed by atoms with E-state index in [0.29, 0.717) is 13.3 Å². The number of thiazole rings is 1. The zero-order valence-corrected chi connectivity index (χ0v) is 18.4. The van der Waals surface area contributed by atoms with Crippen LogP contribution in [0.1, 0.15) is 28.1 Å². The predicted molar refractivity (Wildman–Crippen MR) is 116 cm³/mol. The highest BCUT2D eigenvalue weighted by atomic mass is 127. The molecule has 2 N–H and O–H groups in total. The molecule has 0 unspecified atom stereocenters. The van der Waals surface area contributed by atoms with Crippen LogP contribution in [0, 0.1) is 6.92 Å². The molecule has 2 aromatic rings. The van der Waals surface area contributed by atoms with Gasteiger partial charge in [-0.05, 0) is 31.0 Å². The highest BCUT2D eigenvalue weighted by Crippen LogP contribution is 2.32. The molecule has 0 saturated carbocycles. The van der Waals surface area contributed by atoms with E-state index in [-0.39, 0.29) is 24.0 Å². The summed E-state index contributed by atoms with van der Waals surface area (Å²) in [6.45, 7) is 6.06. The van der Waals surface area contributed by atoms with Crippen molar-refractivity contribution in [3.8, 4) is 11.5 Å². The Balaban J connectivity index is 0.00000243. The quantitative estimate of drug-likeness (QED) is 0.371. The lowest BCUT2D eigenvalue weighted by Crippen LogP contribution is -2.37. The molecular formula is C18H25IN4O2S. The van der Waals surface area contributed by atoms with Crippen molar-refractivity contribution in [1.29, 1.82) is 0 Å². The Hall–Kier alpha value is -1.55. The number of guanidine groups is 1. The third-order valence-corrected chi connectivity index (χ3v) is 5.10. The number of hydrogen-bond donors (Lipinski definition) is 2. The Morgan fingerprint density at radius 1 is 1.27 bits per heavy atom. The van der Waals surface area contributed by atoms with Gasteiger partial charge < -0.3 is 20.1 Å². The SMILES string of the molecule is CCc1nc(CCNC(=NC)NCc2ccc3c(c2)OCO3)sc1C.I. The van der Waals surface area contributed by atoms with Gasteiger partial charge in [-0.25, -0.2) is 4.98 Å². The molecule has 0 spiro atoms. The van der Waals surface area contributed by atoms with E-state index < -0.39 is 0 Å². The van der Waals surface area contributed by atoms with E-state index in [9.17, 15) is 0 Å². The maximum Gasteiger partial charge on any atom is 0.231 e. The highest BCUT2D eigenvalue weighted by Gasteiger charge is 2.13. The number of rotatable bonds is 6. The number of benzene rings is 1. The minimum atomic E-state index is 0. The van der Waals surface area contributed by atoms with Crippen LogP contribution in [0.15, 0.2) is 23.2 Å². The molecule has 0 bridgehead atoms. The number of aliphatic imine (C=N–C) groups is 1. The summed E-state index contributed by atoms with van der Waals surface area (Å²) in [4.78, 5) is 10.3. The normalized spacial score (nSPS) is 12.7. The molecule has 0 aliphatic carbocycles. The monoisotopic (exact) mass is 488 g/mol. The van der Waals surface area contributed by atoms with Crippen molar-refractivity contribution in [1.82, 2.24) is 15.6 Å². The maximum absolute atomic E-state index is 5.41. The molecule has 1 aromatic carbocycles. The van der Waals surface area contributed by atoms with Crippen LogP contribution < -0.4 is 20.1 Å².